The van der Waals surface area contributed by atoms with E-state index in [-0.39, 0.29) is 11.5 Å². The molecule has 2 atom stereocenters. The van der Waals surface area contributed by atoms with Gasteiger partial charge in [0.1, 0.15) is 6.17 Å². The first kappa shape index (κ1) is 7.47. The molecule has 0 aromatic carbocycles. The van der Waals surface area contributed by atoms with Crippen molar-refractivity contribution in [1.82, 2.24) is 0 Å². The van der Waals surface area contributed by atoms with Gasteiger partial charge in [0.05, 0.1) is 16.3 Å². The molecule has 0 saturated carbocycles. The summed E-state index contributed by atoms with van der Waals surface area (Å²) < 4.78 is 33.5. The summed E-state index contributed by atoms with van der Waals surface area (Å²) in [6.07, 6.45) is -1.21. The Labute approximate surface area is 61.5 Å². The Balaban J connectivity index is 2.77. The highest BCUT2D eigenvalue weighted by Crippen LogP contribution is 2.21. The molecule has 0 aromatic heterocycles. The highest BCUT2D eigenvalue weighted by molar-refractivity contribution is 9.09. The number of rotatable bonds is 0. The Morgan fingerprint density at radius 3 is 2.11 bits per heavy atom. The molecule has 54 valence electrons. The molecule has 0 aliphatic carbocycles. The average molecular weight is 217 g/mol. The molecule has 0 N–H and O–H groups in total. The van der Waals surface area contributed by atoms with E-state index >= 15 is 0 Å². The molecule has 0 amide bonds. The topological polar surface area (TPSA) is 34.1 Å². The molecule has 0 bridgehead atoms. The van der Waals surface area contributed by atoms with Crippen LogP contribution in [0.1, 0.15) is 0 Å². The van der Waals surface area contributed by atoms with Crippen molar-refractivity contribution >= 4 is 25.8 Å². The van der Waals surface area contributed by atoms with Gasteiger partial charge in [-0.2, -0.15) is 0 Å². The second-order valence-electron chi connectivity index (χ2n) is 2.11. The minimum atomic E-state index is -3.07. The summed E-state index contributed by atoms with van der Waals surface area (Å²) in [5.74, 6) is -0.378. The molecule has 1 saturated heterocycles. The van der Waals surface area contributed by atoms with Gasteiger partial charge in [-0.3, -0.25) is 0 Å². The van der Waals surface area contributed by atoms with E-state index in [0.29, 0.717) is 0 Å². The van der Waals surface area contributed by atoms with Crippen molar-refractivity contribution in [3.8, 4) is 0 Å². The normalized spacial score (nSPS) is 41.1. The van der Waals surface area contributed by atoms with Crippen LogP contribution in [0.5, 0.6) is 0 Å². The number of hydrogen-bond donors (Lipinski definition) is 0. The molecule has 1 heterocycles. The summed E-state index contributed by atoms with van der Waals surface area (Å²) in [5, 5.41) is 0. The summed E-state index contributed by atoms with van der Waals surface area (Å²) in [6.45, 7) is 0. The van der Waals surface area contributed by atoms with Crippen LogP contribution >= 0.6 is 15.9 Å². The van der Waals surface area contributed by atoms with Crippen molar-refractivity contribution < 1.29 is 12.8 Å². The van der Waals surface area contributed by atoms with Crippen molar-refractivity contribution in [2.24, 2.45) is 0 Å². The second kappa shape index (κ2) is 2.20. The third-order valence-electron chi connectivity index (χ3n) is 1.22. The van der Waals surface area contributed by atoms with Crippen molar-refractivity contribution in [2.75, 3.05) is 11.5 Å². The fourth-order valence-electron chi connectivity index (χ4n) is 0.762. The number of alkyl halides is 2. The monoisotopic (exact) mass is 216 g/mol. The van der Waals surface area contributed by atoms with Gasteiger partial charge in [-0.25, -0.2) is 12.8 Å². The van der Waals surface area contributed by atoms with Crippen LogP contribution < -0.4 is 0 Å². The Morgan fingerprint density at radius 1 is 1.44 bits per heavy atom. The smallest absolute Gasteiger partial charge is 0.154 e. The Kier molecular flexibility index (Phi) is 1.82. The molecule has 1 rings (SSSR count). The van der Waals surface area contributed by atoms with Crippen LogP contribution in [0.3, 0.4) is 0 Å². The van der Waals surface area contributed by atoms with Gasteiger partial charge in [-0.15, -0.1) is 0 Å². The molecular weight excluding hydrogens is 211 g/mol. The zero-order chi connectivity index (χ0) is 7.07. The molecule has 2 nitrogen and oxygen atoms in total. The lowest BCUT2D eigenvalue weighted by Crippen LogP contribution is -2.10. The maximum absolute atomic E-state index is 12.4. The van der Waals surface area contributed by atoms with E-state index in [1.165, 1.54) is 0 Å². The van der Waals surface area contributed by atoms with Gasteiger partial charge in [0.2, 0.25) is 0 Å². The molecule has 0 radical (unpaired) electrons. The second-order valence-corrected chi connectivity index (χ2v) is 5.44. The molecule has 2 unspecified atom stereocenters. The summed E-state index contributed by atoms with van der Waals surface area (Å²) >= 11 is 2.93. The quantitative estimate of drug-likeness (QED) is 0.554. The molecule has 5 heteroatoms. The van der Waals surface area contributed by atoms with E-state index in [1.807, 2.05) is 0 Å². The van der Waals surface area contributed by atoms with Gasteiger partial charge in [-0.05, 0) is 0 Å². The lowest BCUT2D eigenvalue weighted by molar-refractivity contribution is 0.379. The van der Waals surface area contributed by atoms with Crippen molar-refractivity contribution in [3.63, 3.8) is 0 Å². The van der Waals surface area contributed by atoms with Gasteiger partial charge < -0.3 is 0 Å². The number of sulfone groups is 1. The molecular formula is C4H6BrFO2S. The third kappa shape index (κ3) is 1.64. The van der Waals surface area contributed by atoms with Gasteiger partial charge >= 0.3 is 0 Å². The van der Waals surface area contributed by atoms with Gasteiger partial charge in [0.25, 0.3) is 0 Å². The first-order valence-electron chi connectivity index (χ1n) is 2.50. The van der Waals surface area contributed by atoms with Crippen molar-refractivity contribution in [2.45, 2.75) is 11.0 Å². The summed E-state index contributed by atoms with van der Waals surface area (Å²) in [7, 11) is -3.07. The van der Waals surface area contributed by atoms with E-state index < -0.39 is 20.8 Å². The first-order valence-corrected chi connectivity index (χ1v) is 5.23. The number of hydrogen-bond acceptors (Lipinski definition) is 2. The molecule has 0 spiro atoms. The third-order valence-corrected chi connectivity index (χ3v) is 4.24. The minimum Gasteiger partial charge on any atom is -0.245 e. The predicted octanol–water partition coefficient (Wildman–Crippen LogP) is 0.516. The van der Waals surface area contributed by atoms with Crippen LogP contribution in [0.15, 0.2) is 0 Å². The maximum Gasteiger partial charge on any atom is 0.154 e. The summed E-state index contributed by atoms with van der Waals surface area (Å²) in [4.78, 5) is -0.484. The zero-order valence-electron chi connectivity index (χ0n) is 4.55. The van der Waals surface area contributed by atoms with Crippen LogP contribution in [0, 0.1) is 0 Å². The average Bonchev–Trinajstić information content (AvgIpc) is 1.79. The maximum atomic E-state index is 12.4. The Morgan fingerprint density at radius 2 is 2.00 bits per heavy atom. The summed E-state index contributed by atoms with van der Waals surface area (Å²) in [5.41, 5.74) is 0. The van der Waals surface area contributed by atoms with Crippen molar-refractivity contribution in [1.29, 1.82) is 0 Å². The van der Waals surface area contributed by atoms with E-state index in [2.05, 4.69) is 15.9 Å². The number of halogens is 2. The van der Waals surface area contributed by atoms with Crippen LogP contribution in [-0.2, 0) is 9.84 Å². The lowest BCUT2D eigenvalue weighted by Gasteiger charge is -1.96. The molecule has 0 aromatic rings. The van der Waals surface area contributed by atoms with E-state index in [1.54, 1.807) is 0 Å². The SMILES string of the molecule is O=S1(=O)CC(F)C(Br)C1. The summed E-state index contributed by atoms with van der Waals surface area (Å²) in [6, 6.07) is 0. The predicted molar refractivity (Wildman–Crippen MR) is 36.3 cm³/mol. The molecule has 1 aliphatic heterocycles. The van der Waals surface area contributed by atoms with Gasteiger partial charge in [0.15, 0.2) is 9.84 Å². The molecule has 9 heavy (non-hydrogen) atoms. The Hall–Kier alpha value is 0.360. The van der Waals surface area contributed by atoms with Gasteiger partial charge in [-0.1, -0.05) is 15.9 Å². The largest absolute Gasteiger partial charge is 0.245 e. The Bertz CT molecular complexity index is 185. The van der Waals surface area contributed by atoms with Crippen LogP contribution in [0.2, 0.25) is 0 Å². The van der Waals surface area contributed by atoms with E-state index in [4.69, 9.17) is 0 Å². The standard InChI is InChI=1S/C4H6BrFO2S/c5-3-1-9(7,8)2-4(3)6/h3-4H,1-2H2. The van der Waals surface area contributed by atoms with Crippen LogP contribution in [0.4, 0.5) is 4.39 Å². The highest BCUT2D eigenvalue weighted by Gasteiger charge is 2.35. The van der Waals surface area contributed by atoms with Crippen LogP contribution in [0.25, 0.3) is 0 Å². The lowest BCUT2D eigenvalue weighted by atomic mass is 10.3. The van der Waals surface area contributed by atoms with E-state index in [9.17, 15) is 12.8 Å². The minimum absolute atomic E-state index is 0.0613. The van der Waals surface area contributed by atoms with E-state index in [0.717, 1.165) is 0 Å². The van der Waals surface area contributed by atoms with Crippen molar-refractivity contribution in [3.05, 3.63) is 0 Å². The molecule has 1 fully saturated rings. The fourth-order valence-corrected chi connectivity index (χ4v) is 3.95. The zero-order valence-corrected chi connectivity index (χ0v) is 6.95. The fraction of sp³-hybridized carbons (Fsp3) is 1.00. The van der Waals surface area contributed by atoms with Gasteiger partial charge in [0, 0.05) is 0 Å². The first-order chi connectivity index (χ1) is 4.01. The molecule has 1 aliphatic rings. The highest BCUT2D eigenvalue weighted by atomic mass is 79.9. The van der Waals surface area contributed by atoms with Crippen LogP contribution in [-0.4, -0.2) is 30.9 Å².